The first-order chi connectivity index (χ1) is 31.8. The summed E-state index contributed by atoms with van der Waals surface area (Å²) >= 11 is 0. The molecule has 12 aromatic rings. The maximum Gasteiger partial charge on any atom is 0.0726 e. The van der Waals surface area contributed by atoms with Crippen molar-refractivity contribution in [2.75, 3.05) is 4.90 Å². The molecule has 0 atom stereocenters. The Balaban J connectivity index is 1.13. The third-order valence-corrected chi connectivity index (χ3v) is 14.4. The fourth-order valence-corrected chi connectivity index (χ4v) is 11.8. The van der Waals surface area contributed by atoms with Crippen LogP contribution in [0.1, 0.15) is 22.3 Å². The lowest BCUT2D eigenvalue weighted by Crippen LogP contribution is -2.26. The van der Waals surface area contributed by atoms with Crippen LogP contribution in [-0.2, 0) is 5.41 Å². The van der Waals surface area contributed by atoms with Crippen molar-refractivity contribution in [1.82, 2.24) is 0 Å². The molecule has 0 aromatic heterocycles. The van der Waals surface area contributed by atoms with E-state index in [0.29, 0.717) is 0 Å². The number of hydrogen-bond acceptors (Lipinski definition) is 1. The van der Waals surface area contributed by atoms with Crippen molar-refractivity contribution < 1.29 is 0 Å². The Morgan fingerprint density at radius 1 is 0.250 bits per heavy atom. The lowest BCUT2D eigenvalue weighted by Gasteiger charge is -2.33. The molecule has 1 nitrogen and oxygen atoms in total. The highest BCUT2D eigenvalue weighted by Crippen LogP contribution is 2.64. The van der Waals surface area contributed by atoms with E-state index in [-0.39, 0.29) is 0 Å². The van der Waals surface area contributed by atoms with Crippen LogP contribution in [0.5, 0.6) is 0 Å². The molecule has 0 bridgehead atoms. The fraction of sp³-hybridized carbons (Fsp3) is 0.0159. The van der Waals surface area contributed by atoms with E-state index in [4.69, 9.17) is 0 Å². The van der Waals surface area contributed by atoms with Crippen LogP contribution in [0.15, 0.2) is 237 Å². The van der Waals surface area contributed by atoms with E-state index < -0.39 is 5.41 Å². The smallest absolute Gasteiger partial charge is 0.0726 e. The molecule has 296 valence electrons. The Labute approximate surface area is 371 Å². The third kappa shape index (κ3) is 4.79. The summed E-state index contributed by atoms with van der Waals surface area (Å²) in [5.74, 6) is 0. The molecular weight excluding hydrogens is 771 g/mol. The number of fused-ring (bicyclic) bond motifs is 19. The zero-order chi connectivity index (χ0) is 41.9. The summed E-state index contributed by atoms with van der Waals surface area (Å²) in [6.45, 7) is 0. The summed E-state index contributed by atoms with van der Waals surface area (Å²) in [6, 6.07) is 88.7. The zero-order valence-corrected chi connectivity index (χ0v) is 35.0. The predicted molar refractivity (Wildman–Crippen MR) is 270 cm³/mol. The highest BCUT2D eigenvalue weighted by molar-refractivity contribution is 6.26. The Kier molecular flexibility index (Phi) is 7.38. The van der Waals surface area contributed by atoms with E-state index in [1.54, 1.807) is 0 Å². The summed E-state index contributed by atoms with van der Waals surface area (Å²) < 4.78 is 0. The molecule has 0 radical (unpaired) electrons. The molecule has 0 fully saturated rings. The van der Waals surface area contributed by atoms with Gasteiger partial charge in [-0.1, -0.05) is 200 Å². The number of nitrogens with zero attached hydrogens (tertiary/aromatic N) is 1. The Hall–Kier alpha value is -8.26. The van der Waals surface area contributed by atoms with Crippen LogP contribution in [0.4, 0.5) is 17.1 Å². The van der Waals surface area contributed by atoms with Gasteiger partial charge in [-0.15, -0.1) is 0 Å². The van der Waals surface area contributed by atoms with Crippen molar-refractivity contribution in [3.8, 4) is 33.4 Å². The number of anilines is 3. The number of benzene rings is 12. The molecule has 2 aliphatic carbocycles. The maximum absolute atomic E-state index is 2.56. The SMILES string of the molecule is c1ccc(-c2cc3c(cc2N(c2ccc4ccc5ccccc5c4c2)c2ccc4c5ccccc5c5ccccc5c4c2)C2(c4ccccc4-c4ccccc42)c2ccccc2-3)cc1. The van der Waals surface area contributed by atoms with Gasteiger partial charge in [0.15, 0.2) is 0 Å². The minimum Gasteiger partial charge on any atom is -0.310 e. The molecule has 0 amide bonds. The first-order valence-electron chi connectivity index (χ1n) is 22.3. The highest BCUT2D eigenvalue weighted by atomic mass is 15.1. The third-order valence-electron chi connectivity index (χ3n) is 14.4. The van der Waals surface area contributed by atoms with Crippen LogP contribution in [0, 0.1) is 0 Å². The van der Waals surface area contributed by atoms with Crippen LogP contribution in [-0.4, -0.2) is 0 Å². The second kappa shape index (κ2) is 13.4. The second-order valence-corrected chi connectivity index (χ2v) is 17.5. The van der Waals surface area contributed by atoms with Gasteiger partial charge < -0.3 is 4.90 Å². The molecule has 14 rings (SSSR count). The van der Waals surface area contributed by atoms with Crippen LogP contribution in [0.3, 0.4) is 0 Å². The molecule has 0 saturated heterocycles. The number of hydrogen-bond donors (Lipinski definition) is 0. The van der Waals surface area contributed by atoms with Gasteiger partial charge in [-0.2, -0.15) is 0 Å². The minimum absolute atomic E-state index is 0.493. The summed E-state index contributed by atoms with van der Waals surface area (Å²) in [6.07, 6.45) is 0. The largest absolute Gasteiger partial charge is 0.310 e. The van der Waals surface area contributed by atoms with E-state index in [0.717, 1.165) is 17.1 Å². The highest BCUT2D eigenvalue weighted by Gasteiger charge is 2.52. The van der Waals surface area contributed by atoms with Crippen LogP contribution in [0.2, 0.25) is 0 Å². The molecule has 0 N–H and O–H groups in total. The van der Waals surface area contributed by atoms with Crippen LogP contribution in [0.25, 0.3) is 87.2 Å². The van der Waals surface area contributed by atoms with Gasteiger partial charge in [-0.3, -0.25) is 0 Å². The Morgan fingerprint density at radius 3 is 1.31 bits per heavy atom. The molecule has 0 saturated carbocycles. The van der Waals surface area contributed by atoms with E-state index in [9.17, 15) is 0 Å². The summed E-state index contributed by atoms with van der Waals surface area (Å²) in [5, 5.41) is 12.5. The van der Waals surface area contributed by atoms with E-state index in [1.165, 1.54) is 109 Å². The van der Waals surface area contributed by atoms with Gasteiger partial charge in [-0.05, 0) is 140 Å². The van der Waals surface area contributed by atoms with E-state index in [1.807, 2.05) is 0 Å². The van der Waals surface area contributed by atoms with Crippen molar-refractivity contribution in [2.24, 2.45) is 0 Å². The van der Waals surface area contributed by atoms with Gasteiger partial charge in [0.25, 0.3) is 0 Å². The summed E-state index contributed by atoms with van der Waals surface area (Å²) in [4.78, 5) is 2.55. The molecule has 64 heavy (non-hydrogen) atoms. The molecule has 2 aliphatic rings. The average Bonchev–Trinajstić information content (AvgIpc) is 3.83. The summed E-state index contributed by atoms with van der Waals surface area (Å²) in [7, 11) is 0. The lowest BCUT2D eigenvalue weighted by molar-refractivity contribution is 0.794. The van der Waals surface area contributed by atoms with Gasteiger partial charge in [0.2, 0.25) is 0 Å². The van der Waals surface area contributed by atoms with E-state index in [2.05, 4.69) is 241 Å². The predicted octanol–water partition coefficient (Wildman–Crippen LogP) is 16.9. The van der Waals surface area contributed by atoms with Gasteiger partial charge in [0.1, 0.15) is 0 Å². The number of rotatable bonds is 4. The van der Waals surface area contributed by atoms with Gasteiger partial charge in [0, 0.05) is 16.9 Å². The normalized spacial score (nSPS) is 13.1. The molecule has 12 aromatic carbocycles. The second-order valence-electron chi connectivity index (χ2n) is 17.5. The minimum atomic E-state index is -0.493. The monoisotopic (exact) mass is 809 g/mol. The molecule has 0 aliphatic heterocycles. The molecular formula is C63H39N. The van der Waals surface area contributed by atoms with Crippen LogP contribution < -0.4 is 4.90 Å². The lowest BCUT2D eigenvalue weighted by atomic mass is 9.70. The molecule has 1 spiro atoms. The van der Waals surface area contributed by atoms with Gasteiger partial charge in [0.05, 0.1) is 11.1 Å². The quantitative estimate of drug-likeness (QED) is 0.160. The van der Waals surface area contributed by atoms with Gasteiger partial charge >= 0.3 is 0 Å². The molecule has 1 heteroatoms. The zero-order valence-electron chi connectivity index (χ0n) is 35.0. The topological polar surface area (TPSA) is 3.24 Å². The van der Waals surface area contributed by atoms with Crippen molar-refractivity contribution in [3.05, 3.63) is 259 Å². The first-order valence-corrected chi connectivity index (χ1v) is 22.3. The average molecular weight is 810 g/mol. The molecule has 0 unspecified atom stereocenters. The van der Waals surface area contributed by atoms with Gasteiger partial charge in [-0.25, -0.2) is 0 Å². The molecule has 0 heterocycles. The maximum atomic E-state index is 2.56. The van der Waals surface area contributed by atoms with Crippen molar-refractivity contribution in [2.45, 2.75) is 5.41 Å². The standard InChI is InChI=1S/C63H39N/c1-2-16-40(17-3-1)55-38-57-53-26-12-15-29-60(53)63(58-27-13-10-24-51(58)52-25-11-14-28-59(52)63)61(57)39-62(55)64(43-33-32-42-31-30-41-18-4-5-19-45(41)54(42)36-43)44-34-35-50-48-22-7-6-20-46(48)47-21-8-9-23-49(47)56(50)37-44/h1-39H. The van der Waals surface area contributed by atoms with Crippen molar-refractivity contribution in [1.29, 1.82) is 0 Å². The Morgan fingerprint density at radius 2 is 0.688 bits per heavy atom. The fourth-order valence-electron chi connectivity index (χ4n) is 11.8. The van der Waals surface area contributed by atoms with Crippen LogP contribution >= 0.6 is 0 Å². The van der Waals surface area contributed by atoms with Crippen molar-refractivity contribution in [3.63, 3.8) is 0 Å². The Bertz CT molecular complexity index is 3830. The van der Waals surface area contributed by atoms with Crippen molar-refractivity contribution >= 4 is 70.9 Å². The first kappa shape index (κ1) is 35.3. The van der Waals surface area contributed by atoms with E-state index >= 15 is 0 Å². The summed E-state index contributed by atoms with van der Waals surface area (Å²) in [5.41, 5.74) is 15.8.